The first kappa shape index (κ1) is 21.9. The number of benzene rings is 2. The smallest absolute Gasteiger partial charge is 0.230 e. The van der Waals surface area contributed by atoms with E-state index in [9.17, 15) is 0 Å². The van der Waals surface area contributed by atoms with Crippen LogP contribution >= 0.6 is 0 Å². The minimum Gasteiger partial charge on any atom is -0.493 e. The molecule has 2 aromatic carbocycles. The van der Waals surface area contributed by atoms with E-state index in [4.69, 9.17) is 14.2 Å². The average Bonchev–Trinajstić information content (AvgIpc) is 3.18. The predicted molar refractivity (Wildman–Crippen MR) is 127 cm³/mol. The number of aromatic nitrogens is 3. The Bertz CT molecular complexity index is 1200. The molecule has 0 saturated heterocycles. The number of aryl methyl sites for hydroxylation is 1. The second-order valence-electron chi connectivity index (χ2n) is 7.98. The largest absolute Gasteiger partial charge is 0.493 e. The van der Waals surface area contributed by atoms with E-state index in [1.807, 2.05) is 44.3 Å². The van der Waals surface area contributed by atoms with Crippen LogP contribution in [0.5, 0.6) is 23.1 Å². The SMILES string of the molecule is CCC(CCNC)COc1cc2ncnc(Oc3ccc4[nH]c(C)cc4c3)c2cc1OC. The maximum Gasteiger partial charge on any atom is 0.230 e. The van der Waals surface area contributed by atoms with E-state index in [0.29, 0.717) is 35.7 Å². The lowest BCUT2D eigenvalue weighted by Crippen LogP contribution is -2.18. The lowest BCUT2D eigenvalue weighted by molar-refractivity contribution is 0.227. The van der Waals surface area contributed by atoms with Crippen LogP contribution in [0.2, 0.25) is 0 Å². The highest BCUT2D eigenvalue weighted by Crippen LogP contribution is 2.36. The minimum atomic E-state index is 0.471. The molecule has 2 N–H and O–H groups in total. The fourth-order valence-corrected chi connectivity index (χ4v) is 3.79. The summed E-state index contributed by atoms with van der Waals surface area (Å²) in [5, 5.41) is 5.06. The summed E-state index contributed by atoms with van der Waals surface area (Å²) in [6, 6.07) is 11.8. The van der Waals surface area contributed by atoms with Crippen molar-refractivity contribution in [3.63, 3.8) is 0 Å². The zero-order valence-corrected chi connectivity index (χ0v) is 19.1. The van der Waals surface area contributed by atoms with E-state index in [1.165, 1.54) is 6.33 Å². The van der Waals surface area contributed by atoms with Crippen molar-refractivity contribution in [3.8, 4) is 23.1 Å². The van der Waals surface area contributed by atoms with Gasteiger partial charge < -0.3 is 24.5 Å². The Hall–Kier alpha value is -3.32. The fraction of sp³-hybridized carbons (Fsp3) is 0.360. The van der Waals surface area contributed by atoms with Crippen LogP contribution in [-0.4, -0.2) is 42.3 Å². The lowest BCUT2D eigenvalue weighted by atomic mass is 10.0. The van der Waals surface area contributed by atoms with Crippen molar-refractivity contribution in [1.29, 1.82) is 0 Å². The third kappa shape index (κ3) is 4.78. The molecule has 7 nitrogen and oxygen atoms in total. The minimum absolute atomic E-state index is 0.471. The highest BCUT2D eigenvalue weighted by Gasteiger charge is 2.15. The third-order valence-corrected chi connectivity index (χ3v) is 5.68. The van der Waals surface area contributed by atoms with Crippen molar-refractivity contribution in [2.24, 2.45) is 5.92 Å². The van der Waals surface area contributed by atoms with Gasteiger partial charge in [0.2, 0.25) is 5.88 Å². The Balaban J connectivity index is 1.60. The van der Waals surface area contributed by atoms with Gasteiger partial charge in [-0.2, -0.15) is 0 Å². The van der Waals surface area contributed by atoms with Gasteiger partial charge in [0.25, 0.3) is 0 Å². The van der Waals surface area contributed by atoms with Gasteiger partial charge in [-0.3, -0.25) is 0 Å². The average molecular weight is 435 g/mol. The van der Waals surface area contributed by atoms with Gasteiger partial charge in [0, 0.05) is 22.7 Å². The van der Waals surface area contributed by atoms with Crippen molar-refractivity contribution in [2.45, 2.75) is 26.7 Å². The van der Waals surface area contributed by atoms with Crippen LogP contribution in [0.1, 0.15) is 25.5 Å². The maximum atomic E-state index is 6.14. The van der Waals surface area contributed by atoms with Crippen molar-refractivity contribution in [1.82, 2.24) is 20.3 Å². The maximum absolute atomic E-state index is 6.14. The van der Waals surface area contributed by atoms with Gasteiger partial charge in [0.1, 0.15) is 12.1 Å². The molecule has 7 heteroatoms. The molecule has 0 aliphatic carbocycles. The van der Waals surface area contributed by atoms with E-state index in [0.717, 1.165) is 46.9 Å². The van der Waals surface area contributed by atoms with Gasteiger partial charge in [-0.15, -0.1) is 0 Å². The summed E-state index contributed by atoms with van der Waals surface area (Å²) in [5.74, 6) is 2.98. The Morgan fingerprint density at radius 2 is 1.97 bits per heavy atom. The summed E-state index contributed by atoms with van der Waals surface area (Å²) in [7, 11) is 3.61. The molecule has 0 fully saturated rings. The van der Waals surface area contributed by atoms with E-state index in [1.54, 1.807) is 7.11 Å². The molecule has 0 bridgehead atoms. The zero-order valence-electron chi connectivity index (χ0n) is 19.1. The van der Waals surface area contributed by atoms with Crippen LogP contribution in [0.25, 0.3) is 21.8 Å². The number of hydrogen-bond acceptors (Lipinski definition) is 6. The zero-order chi connectivity index (χ0) is 22.5. The summed E-state index contributed by atoms with van der Waals surface area (Å²) < 4.78 is 17.9. The Morgan fingerprint density at radius 1 is 1.09 bits per heavy atom. The number of nitrogens with zero attached hydrogens (tertiary/aromatic N) is 2. The second kappa shape index (κ2) is 9.87. The van der Waals surface area contributed by atoms with E-state index < -0.39 is 0 Å². The number of H-pyrrole nitrogens is 1. The molecule has 1 atom stereocenters. The topological polar surface area (TPSA) is 81.3 Å². The van der Waals surface area contributed by atoms with Gasteiger partial charge >= 0.3 is 0 Å². The van der Waals surface area contributed by atoms with Gasteiger partial charge in [-0.25, -0.2) is 9.97 Å². The Labute approximate surface area is 188 Å². The van der Waals surface area contributed by atoms with Crippen LogP contribution < -0.4 is 19.5 Å². The summed E-state index contributed by atoms with van der Waals surface area (Å²) in [6.45, 7) is 5.82. The Morgan fingerprint density at radius 3 is 2.75 bits per heavy atom. The predicted octanol–water partition coefficient (Wildman–Crippen LogP) is 5.23. The molecule has 0 saturated carbocycles. The van der Waals surface area contributed by atoms with E-state index >= 15 is 0 Å². The van der Waals surface area contributed by atoms with Crippen molar-refractivity contribution < 1.29 is 14.2 Å². The van der Waals surface area contributed by atoms with Gasteiger partial charge in [-0.1, -0.05) is 13.3 Å². The van der Waals surface area contributed by atoms with Crippen LogP contribution in [0.15, 0.2) is 42.7 Å². The number of methoxy groups -OCH3 is 1. The summed E-state index contributed by atoms with van der Waals surface area (Å²) in [5.41, 5.74) is 2.93. The van der Waals surface area contributed by atoms with Crippen LogP contribution in [0.4, 0.5) is 0 Å². The van der Waals surface area contributed by atoms with E-state index in [-0.39, 0.29) is 0 Å². The molecule has 168 valence electrons. The number of aromatic amines is 1. The number of rotatable bonds is 10. The molecule has 0 aliphatic heterocycles. The number of nitrogens with one attached hydrogen (secondary N) is 2. The fourth-order valence-electron chi connectivity index (χ4n) is 3.79. The first-order valence-corrected chi connectivity index (χ1v) is 11.0. The monoisotopic (exact) mass is 434 g/mol. The number of ether oxygens (including phenoxy) is 3. The molecule has 4 rings (SSSR count). The standard InChI is InChI=1S/C25H30N4O3/c1-5-17(8-9-26-3)14-31-24-13-22-20(12-23(24)30-4)25(28-15-27-22)32-19-6-7-21-18(11-19)10-16(2)29-21/h6-7,10-13,15,17,26,29H,5,8-9,14H2,1-4H3. The van der Waals surface area contributed by atoms with Crippen molar-refractivity contribution in [2.75, 3.05) is 27.3 Å². The molecular weight excluding hydrogens is 404 g/mol. The molecule has 0 spiro atoms. The van der Waals surface area contributed by atoms with Crippen molar-refractivity contribution >= 4 is 21.8 Å². The molecule has 0 aliphatic rings. The van der Waals surface area contributed by atoms with E-state index in [2.05, 4.69) is 33.3 Å². The molecule has 2 aromatic heterocycles. The summed E-state index contributed by atoms with van der Waals surface area (Å²) in [4.78, 5) is 12.1. The highest BCUT2D eigenvalue weighted by molar-refractivity contribution is 5.87. The third-order valence-electron chi connectivity index (χ3n) is 5.68. The van der Waals surface area contributed by atoms with Gasteiger partial charge in [0.15, 0.2) is 11.5 Å². The molecule has 4 aromatic rings. The van der Waals surface area contributed by atoms with Crippen LogP contribution in [0, 0.1) is 12.8 Å². The molecule has 0 amide bonds. The van der Waals surface area contributed by atoms with Crippen LogP contribution in [-0.2, 0) is 0 Å². The summed E-state index contributed by atoms with van der Waals surface area (Å²) >= 11 is 0. The first-order chi connectivity index (χ1) is 15.6. The van der Waals surface area contributed by atoms with Crippen LogP contribution in [0.3, 0.4) is 0 Å². The number of fused-ring (bicyclic) bond motifs is 2. The summed E-state index contributed by atoms with van der Waals surface area (Å²) in [6.07, 6.45) is 3.63. The van der Waals surface area contributed by atoms with Gasteiger partial charge in [-0.05, 0) is 63.2 Å². The highest BCUT2D eigenvalue weighted by atomic mass is 16.5. The second-order valence-corrected chi connectivity index (χ2v) is 7.98. The molecule has 1 unspecified atom stereocenters. The Kier molecular flexibility index (Phi) is 6.75. The molecule has 32 heavy (non-hydrogen) atoms. The van der Waals surface area contributed by atoms with Crippen molar-refractivity contribution in [3.05, 3.63) is 48.4 Å². The number of hydrogen-bond donors (Lipinski definition) is 2. The molecule has 2 heterocycles. The first-order valence-electron chi connectivity index (χ1n) is 11.0. The van der Waals surface area contributed by atoms with Gasteiger partial charge in [0.05, 0.1) is 24.6 Å². The molecular formula is C25H30N4O3. The molecule has 0 radical (unpaired) electrons. The lowest BCUT2D eigenvalue weighted by Gasteiger charge is -2.18. The quantitative estimate of drug-likeness (QED) is 0.355. The normalized spacial score (nSPS) is 12.2.